The number of carbonyl (C=O) groups is 3. The Bertz CT molecular complexity index is 1250. The minimum Gasteiger partial charge on any atom is -0.399 e. The predicted molar refractivity (Wildman–Crippen MR) is 141 cm³/mol. The van der Waals surface area contributed by atoms with Gasteiger partial charge in [-0.05, 0) is 48.4 Å². The number of carbonyl (C=O) groups excluding carboxylic acids is 3. The fraction of sp³-hybridized carbons (Fsp3) is 0.269. The van der Waals surface area contributed by atoms with Gasteiger partial charge < -0.3 is 29.7 Å². The Balaban J connectivity index is 1.42. The first kappa shape index (κ1) is 26.6. The molecule has 1 aliphatic heterocycles. The Labute approximate surface area is 223 Å². The zero-order valence-corrected chi connectivity index (χ0v) is 21.6. The van der Waals surface area contributed by atoms with E-state index in [1.165, 1.54) is 0 Å². The van der Waals surface area contributed by atoms with E-state index in [1.54, 1.807) is 35.2 Å². The van der Waals surface area contributed by atoms with Crippen molar-refractivity contribution in [2.45, 2.75) is 19.6 Å². The van der Waals surface area contributed by atoms with Crippen molar-refractivity contribution in [2.24, 2.45) is 0 Å². The number of nitrogens with zero attached hydrogens (tertiary/aromatic N) is 1. The zero-order valence-electron chi connectivity index (χ0n) is 20.1. The Morgan fingerprint density at radius 3 is 2.68 bits per heavy atom. The molecule has 0 aliphatic carbocycles. The molecular formula is C26H26ClN3O6S. The lowest BCUT2D eigenvalue weighted by Gasteiger charge is -2.28. The van der Waals surface area contributed by atoms with Crippen LogP contribution in [0.2, 0.25) is 4.34 Å². The van der Waals surface area contributed by atoms with Crippen LogP contribution in [0.15, 0.2) is 60.7 Å². The maximum absolute atomic E-state index is 13.1. The summed E-state index contributed by atoms with van der Waals surface area (Å²) in [6, 6.07) is 16.9. The van der Waals surface area contributed by atoms with Crippen molar-refractivity contribution in [1.29, 1.82) is 0 Å². The third-order valence-corrected chi connectivity index (χ3v) is 6.60. The van der Waals surface area contributed by atoms with Gasteiger partial charge in [0.1, 0.15) is 12.6 Å². The number of aryl methyl sites for hydroxylation is 1. The van der Waals surface area contributed by atoms with E-state index in [0.29, 0.717) is 28.2 Å². The highest BCUT2D eigenvalue weighted by molar-refractivity contribution is 7.17. The third-order valence-electron chi connectivity index (χ3n) is 5.49. The summed E-state index contributed by atoms with van der Waals surface area (Å²) in [6.07, 6.45) is -0.806. The monoisotopic (exact) mass is 543 g/mol. The van der Waals surface area contributed by atoms with Crippen LogP contribution in [-0.2, 0) is 25.7 Å². The second kappa shape index (κ2) is 12.7. The molecule has 1 atom stereocenters. The van der Waals surface area contributed by atoms with Gasteiger partial charge in [0.2, 0.25) is 5.91 Å². The Hall–Kier alpha value is -3.44. The molecule has 0 bridgehead atoms. The lowest BCUT2D eigenvalue weighted by atomic mass is 10.1. The molecular weight excluding hydrogens is 518 g/mol. The van der Waals surface area contributed by atoms with Gasteiger partial charge in [0, 0.05) is 17.9 Å². The number of amides is 3. The van der Waals surface area contributed by atoms with Gasteiger partial charge in [-0.2, -0.15) is 0 Å². The number of ether oxygens (including phenoxy) is 3. The highest BCUT2D eigenvalue weighted by Crippen LogP contribution is 2.28. The number of rotatable bonds is 9. The highest BCUT2D eigenvalue weighted by Gasteiger charge is 2.24. The molecule has 0 radical (unpaired) electrons. The number of hydrogen-bond acceptors (Lipinski definition) is 7. The number of thiophene rings is 1. The molecule has 4 rings (SSSR count). The summed E-state index contributed by atoms with van der Waals surface area (Å²) >= 11 is 6.99. The van der Waals surface area contributed by atoms with Crippen LogP contribution < -0.4 is 20.3 Å². The summed E-state index contributed by atoms with van der Waals surface area (Å²) < 4.78 is 16.6. The predicted octanol–water partition coefficient (Wildman–Crippen LogP) is 4.39. The average molecular weight is 544 g/mol. The van der Waals surface area contributed by atoms with E-state index >= 15 is 0 Å². The number of hydrogen-bond donors (Lipinski definition) is 2. The van der Waals surface area contributed by atoms with Crippen LogP contribution in [0, 0.1) is 6.92 Å². The van der Waals surface area contributed by atoms with Crippen molar-refractivity contribution in [3.05, 3.63) is 76.1 Å². The van der Waals surface area contributed by atoms with Crippen LogP contribution in [-0.4, -0.2) is 50.3 Å². The van der Waals surface area contributed by atoms with E-state index in [9.17, 15) is 14.4 Å². The molecule has 0 spiro atoms. The number of morpholine rings is 1. The van der Waals surface area contributed by atoms with Gasteiger partial charge in [0.25, 0.3) is 5.91 Å². The van der Waals surface area contributed by atoms with Crippen LogP contribution in [0.25, 0.3) is 0 Å². The second-order valence-electron chi connectivity index (χ2n) is 8.23. The lowest BCUT2D eigenvalue weighted by molar-refractivity contribution is -0.125. The van der Waals surface area contributed by atoms with Crippen molar-refractivity contribution in [3.63, 3.8) is 0 Å². The number of benzene rings is 2. The summed E-state index contributed by atoms with van der Waals surface area (Å²) in [5, 5.41) is 5.68. The Kier molecular flexibility index (Phi) is 9.13. The van der Waals surface area contributed by atoms with Crippen LogP contribution in [0.5, 0.6) is 5.06 Å². The molecule has 2 N–H and O–H groups in total. The van der Waals surface area contributed by atoms with Gasteiger partial charge >= 0.3 is 6.09 Å². The summed E-state index contributed by atoms with van der Waals surface area (Å²) in [4.78, 5) is 39.5. The molecule has 37 heavy (non-hydrogen) atoms. The SMILES string of the molecule is Cc1cc(NC(=O)[C@@H](COCc2ccccc2)NC(=O)Oc2ccc(Cl)s2)ccc1N1CCOCC1=O. The molecule has 0 saturated carbocycles. The first-order chi connectivity index (χ1) is 17.9. The van der Waals surface area contributed by atoms with Crippen LogP contribution in [0.4, 0.5) is 16.2 Å². The number of nitrogens with one attached hydrogen (secondary N) is 2. The smallest absolute Gasteiger partial charge is 0.399 e. The minimum absolute atomic E-state index is 0.0437. The Morgan fingerprint density at radius 2 is 1.97 bits per heavy atom. The summed E-state index contributed by atoms with van der Waals surface area (Å²) in [5.41, 5.74) is 3.01. The van der Waals surface area contributed by atoms with E-state index in [2.05, 4.69) is 10.6 Å². The van der Waals surface area contributed by atoms with Crippen LogP contribution in [0.1, 0.15) is 11.1 Å². The molecule has 2 heterocycles. The topological polar surface area (TPSA) is 106 Å². The zero-order chi connectivity index (χ0) is 26.2. The van der Waals surface area contributed by atoms with Crippen molar-refractivity contribution >= 4 is 52.2 Å². The number of anilines is 2. The van der Waals surface area contributed by atoms with Crippen molar-refractivity contribution < 1.29 is 28.6 Å². The molecule has 1 fully saturated rings. The molecule has 194 valence electrons. The first-order valence-electron chi connectivity index (χ1n) is 11.5. The van der Waals surface area contributed by atoms with Crippen molar-refractivity contribution in [2.75, 3.05) is 36.6 Å². The first-order valence-corrected chi connectivity index (χ1v) is 12.7. The van der Waals surface area contributed by atoms with E-state index in [1.807, 2.05) is 37.3 Å². The van der Waals surface area contributed by atoms with Gasteiger partial charge in [0.15, 0.2) is 5.06 Å². The molecule has 1 saturated heterocycles. The minimum atomic E-state index is -1.03. The van der Waals surface area contributed by atoms with Crippen molar-refractivity contribution in [1.82, 2.24) is 5.32 Å². The molecule has 3 amide bonds. The van der Waals surface area contributed by atoms with Gasteiger partial charge in [-0.25, -0.2) is 4.79 Å². The summed E-state index contributed by atoms with van der Waals surface area (Å²) in [7, 11) is 0. The molecule has 9 nitrogen and oxygen atoms in total. The van der Waals surface area contributed by atoms with E-state index < -0.39 is 18.0 Å². The maximum atomic E-state index is 13.1. The fourth-order valence-corrected chi connectivity index (χ4v) is 4.58. The molecule has 11 heteroatoms. The summed E-state index contributed by atoms with van der Waals surface area (Å²) in [5.74, 6) is -0.597. The largest absolute Gasteiger partial charge is 0.414 e. The molecule has 1 aromatic heterocycles. The van der Waals surface area contributed by atoms with Crippen LogP contribution in [0.3, 0.4) is 0 Å². The molecule has 0 unspecified atom stereocenters. The maximum Gasteiger partial charge on any atom is 0.414 e. The van der Waals surface area contributed by atoms with E-state index in [0.717, 1.165) is 28.2 Å². The molecule has 3 aromatic rings. The lowest BCUT2D eigenvalue weighted by Crippen LogP contribution is -2.47. The van der Waals surface area contributed by atoms with Crippen LogP contribution >= 0.6 is 22.9 Å². The van der Waals surface area contributed by atoms with Gasteiger partial charge in [-0.15, -0.1) is 0 Å². The van der Waals surface area contributed by atoms with E-state index in [4.69, 9.17) is 25.8 Å². The quantitative estimate of drug-likeness (QED) is 0.415. The number of halogens is 1. The van der Waals surface area contributed by atoms with E-state index in [-0.39, 0.29) is 25.7 Å². The fourth-order valence-electron chi connectivity index (χ4n) is 3.71. The second-order valence-corrected chi connectivity index (χ2v) is 9.91. The third kappa shape index (κ3) is 7.53. The molecule has 2 aromatic carbocycles. The summed E-state index contributed by atoms with van der Waals surface area (Å²) in [6.45, 7) is 3.02. The standard InChI is InChI=1S/C26H26ClN3O6S/c1-17-13-19(7-8-21(17)30-11-12-34-16-23(30)31)28-25(32)20(15-35-14-18-5-3-2-4-6-18)29-26(33)36-24-10-9-22(27)37-24/h2-10,13,20H,11-12,14-16H2,1H3,(H,28,32)(H,29,33)/t20-/m1/s1. The highest BCUT2D eigenvalue weighted by atomic mass is 35.5. The van der Waals surface area contributed by atoms with Crippen molar-refractivity contribution in [3.8, 4) is 5.06 Å². The van der Waals surface area contributed by atoms with Gasteiger partial charge in [-0.1, -0.05) is 53.3 Å². The normalized spacial score (nSPS) is 14.2. The Morgan fingerprint density at radius 1 is 1.16 bits per heavy atom. The average Bonchev–Trinajstić information content (AvgIpc) is 3.29. The van der Waals surface area contributed by atoms with Gasteiger partial charge in [0.05, 0.1) is 24.2 Å². The molecule has 1 aliphatic rings. The van der Waals surface area contributed by atoms with Gasteiger partial charge in [-0.3, -0.25) is 9.59 Å².